The molecule has 0 unspecified atom stereocenters. The molecular formula is C15H23NO2. The highest BCUT2D eigenvalue weighted by Crippen LogP contribution is 2.23. The van der Waals surface area contributed by atoms with Crippen LogP contribution < -0.4 is 0 Å². The molecule has 1 aliphatic rings. The van der Waals surface area contributed by atoms with E-state index in [2.05, 4.69) is 30.9 Å². The van der Waals surface area contributed by atoms with Crippen LogP contribution in [0.15, 0.2) is 18.2 Å². The van der Waals surface area contributed by atoms with Gasteiger partial charge in [-0.05, 0) is 37.0 Å². The first kappa shape index (κ1) is 13.5. The molecule has 1 heterocycles. The molecule has 0 spiro atoms. The molecule has 3 nitrogen and oxygen atoms in total. The zero-order chi connectivity index (χ0) is 13.0. The molecule has 0 amide bonds. The third kappa shape index (κ3) is 3.55. The number of rotatable bonds is 6. The third-order valence-corrected chi connectivity index (χ3v) is 3.31. The second kappa shape index (κ2) is 6.32. The number of aliphatic hydroxyl groups excluding tert-OH is 1. The summed E-state index contributed by atoms with van der Waals surface area (Å²) in [6, 6.07) is 6.29. The summed E-state index contributed by atoms with van der Waals surface area (Å²) in [6.07, 6.45) is 1.41. The number of hydrogen-bond donors (Lipinski definition) is 1. The monoisotopic (exact) mass is 249 g/mol. The molecule has 2 rings (SSSR count). The van der Waals surface area contributed by atoms with Gasteiger partial charge in [0.2, 0.25) is 0 Å². The summed E-state index contributed by atoms with van der Waals surface area (Å²) >= 11 is 0. The lowest BCUT2D eigenvalue weighted by Gasteiger charge is -2.15. The van der Waals surface area contributed by atoms with E-state index in [0.29, 0.717) is 6.10 Å². The third-order valence-electron chi connectivity index (χ3n) is 3.31. The quantitative estimate of drug-likeness (QED) is 0.785. The van der Waals surface area contributed by atoms with Gasteiger partial charge < -0.3 is 9.84 Å². The molecule has 0 radical (unpaired) electrons. The minimum atomic E-state index is 0.134. The molecule has 0 fully saturated rings. The number of aliphatic hydroxyl groups is 1. The van der Waals surface area contributed by atoms with Crippen molar-refractivity contribution in [2.24, 2.45) is 0 Å². The Kier molecular flexibility index (Phi) is 4.75. The first-order chi connectivity index (χ1) is 8.69. The van der Waals surface area contributed by atoms with Gasteiger partial charge in [0.15, 0.2) is 0 Å². The first-order valence-electron chi connectivity index (χ1n) is 6.74. The second-order valence-corrected chi connectivity index (χ2v) is 5.24. The van der Waals surface area contributed by atoms with Crippen LogP contribution in [0, 0.1) is 0 Å². The van der Waals surface area contributed by atoms with Crippen molar-refractivity contribution < 1.29 is 9.84 Å². The van der Waals surface area contributed by atoms with Crippen LogP contribution in [-0.4, -0.2) is 29.3 Å². The molecule has 1 aromatic carbocycles. The van der Waals surface area contributed by atoms with E-state index in [4.69, 9.17) is 9.84 Å². The zero-order valence-electron chi connectivity index (χ0n) is 11.4. The summed E-state index contributed by atoms with van der Waals surface area (Å²) in [4.78, 5) is 2.44. The van der Waals surface area contributed by atoms with E-state index in [9.17, 15) is 0 Å². The van der Waals surface area contributed by atoms with Crippen LogP contribution in [0.2, 0.25) is 0 Å². The van der Waals surface area contributed by atoms with Crippen molar-refractivity contribution in [2.75, 3.05) is 13.2 Å². The van der Waals surface area contributed by atoms with E-state index in [1.807, 2.05) is 6.07 Å². The average Bonchev–Trinajstić information content (AvgIpc) is 2.75. The number of benzene rings is 1. The lowest BCUT2D eigenvalue weighted by molar-refractivity contribution is 0.0703. The van der Waals surface area contributed by atoms with Crippen molar-refractivity contribution in [1.29, 1.82) is 0 Å². The molecule has 0 bridgehead atoms. The van der Waals surface area contributed by atoms with Crippen LogP contribution in [-0.2, 0) is 24.4 Å². The van der Waals surface area contributed by atoms with Gasteiger partial charge in [-0.15, -0.1) is 0 Å². The van der Waals surface area contributed by atoms with Crippen LogP contribution in [0.25, 0.3) is 0 Å². The van der Waals surface area contributed by atoms with E-state index in [1.165, 1.54) is 11.1 Å². The Labute approximate surface area is 109 Å². The van der Waals surface area contributed by atoms with Crippen LogP contribution in [0.3, 0.4) is 0 Å². The smallest absolute Gasteiger partial charge is 0.0681 e. The Morgan fingerprint density at radius 1 is 1.28 bits per heavy atom. The SMILES string of the molecule is CC(C)OCCCN1Cc2ccc(CO)cc2C1. The molecule has 1 aromatic rings. The van der Waals surface area contributed by atoms with Gasteiger partial charge in [-0.3, -0.25) is 4.90 Å². The predicted octanol–water partition coefficient (Wildman–Crippen LogP) is 2.31. The summed E-state index contributed by atoms with van der Waals surface area (Å²) in [5.41, 5.74) is 3.78. The van der Waals surface area contributed by atoms with E-state index >= 15 is 0 Å². The number of nitrogens with zero attached hydrogens (tertiary/aromatic N) is 1. The van der Waals surface area contributed by atoms with Crippen LogP contribution in [0.1, 0.15) is 37.0 Å². The summed E-state index contributed by atoms with van der Waals surface area (Å²) < 4.78 is 5.56. The maximum absolute atomic E-state index is 9.13. The van der Waals surface area contributed by atoms with Crippen molar-refractivity contribution in [3.63, 3.8) is 0 Å². The zero-order valence-corrected chi connectivity index (χ0v) is 11.4. The number of fused-ring (bicyclic) bond motifs is 1. The Balaban J connectivity index is 1.79. The Morgan fingerprint density at radius 2 is 2.06 bits per heavy atom. The molecule has 100 valence electrons. The minimum absolute atomic E-state index is 0.134. The molecule has 0 atom stereocenters. The molecule has 18 heavy (non-hydrogen) atoms. The van der Waals surface area contributed by atoms with Gasteiger partial charge in [-0.25, -0.2) is 0 Å². The highest BCUT2D eigenvalue weighted by Gasteiger charge is 2.18. The van der Waals surface area contributed by atoms with Gasteiger partial charge in [0.05, 0.1) is 12.7 Å². The maximum atomic E-state index is 9.13. The summed E-state index contributed by atoms with van der Waals surface area (Å²) in [5.74, 6) is 0. The fraction of sp³-hybridized carbons (Fsp3) is 0.600. The van der Waals surface area contributed by atoms with Gasteiger partial charge >= 0.3 is 0 Å². The van der Waals surface area contributed by atoms with Crippen molar-refractivity contribution in [3.8, 4) is 0 Å². The maximum Gasteiger partial charge on any atom is 0.0681 e. The lowest BCUT2D eigenvalue weighted by Crippen LogP contribution is -2.19. The van der Waals surface area contributed by atoms with Crippen LogP contribution in [0.4, 0.5) is 0 Å². The van der Waals surface area contributed by atoms with Gasteiger partial charge in [0.25, 0.3) is 0 Å². The normalized spacial score (nSPS) is 15.3. The molecular weight excluding hydrogens is 226 g/mol. The van der Waals surface area contributed by atoms with Crippen molar-refractivity contribution in [1.82, 2.24) is 4.90 Å². The summed E-state index contributed by atoms with van der Waals surface area (Å²) in [6.45, 7) is 8.23. The van der Waals surface area contributed by atoms with E-state index < -0.39 is 0 Å². The molecule has 0 saturated heterocycles. The van der Waals surface area contributed by atoms with Gasteiger partial charge in [-0.2, -0.15) is 0 Å². The van der Waals surface area contributed by atoms with Gasteiger partial charge in [-0.1, -0.05) is 18.2 Å². The fourth-order valence-electron chi connectivity index (χ4n) is 2.38. The highest BCUT2D eigenvalue weighted by molar-refractivity contribution is 5.34. The Bertz CT molecular complexity index is 390. The number of ether oxygens (including phenoxy) is 1. The lowest BCUT2D eigenvalue weighted by atomic mass is 10.1. The van der Waals surface area contributed by atoms with E-state index in [-0.39, 0.29) is 6.61 Å². The summed E-state index contributed by atoms with van der Waals surface area (Å²) in [5, 5.41) is 9.13. The average molecular weight is 249 g/mol. The minimum Gasteiger partial charge on any atom is -0.392 e. The Morgan fingerprint density at radius 3 is 2.78 bits per heavy atom. The molecule has 1 aliphatic heterocycles. The van der Waals surface area contributed by atoms with E-state index in [0.717, 1.165) is 38.2 Å². The van der Waals surface area contributed by atoms with Crippen LogP contribution >= 0.6 is 0 Å². The van der Waals surface area contributed by atoms with Gasteiger partial charge in [0, 0.05) is 26.2 Å². The topological polar surface area (TPSA) is 32.7 Å². The predicted molar refractivity (Wildman–Crippen MR) is 72.2 cm³/mol. The first-order valence-corrected chi connectivity index (χ1v) is 6.74. The van der Waals surface area contributed by atoms with E-state index in [1.54, 1.807) is 0 Å². The van der Waals surface area contributed by atoms with Gasteiger partial charge in [0.1, 0.15) is 0 Å². The molecule has 0 aromatic heterocycles. The fourth-order valence-corrected chi connectivity index (χ4v) is 2.38. The second-order valence-electron chi connectivity index (χ2n) is 5.24. The standard InChI is InChI=1S/C15H23NO2/c1-12(2)18-7-3-6-16-9-14-5-4-13(11-17)8-15(14)10-16/h4-5,8,12,17H,3,6-7,9-11H2,1-2H3. The molecule has 1 N–H and O–H groups in total. The summed E-state index contributed by atoms with van der Waals surface area (Å²) in [7, 11) is 0. The van der Waals surface area contributed by atoms with Crippen molar-refractivity contribution in [3.05, 3.63) is 34.9 Å². The molecule has 0 aliphatic carbocycles. The van der Waals surface area contributed by atoms with Crippen LogP contribution in [0.5, 0.6) is 0 Å². The van der Waals surface area contributed by atoms with Crippen molar-refractivity contribution in [2.45, 2.75) is 46.1 Å². The molecule has 0 saturated carbocycles. The molecule has 3 heteroatoms. The highest BCUT2D eigenvalue weighted by atomic mass is 16.5. The Hall–Kier alpha value is -0.900. The number of hydrogen-bond acceptors (Lipinski definition) is 3. The van der Waals surface area contributed by atoms with Crippen molar-refractivity contribution >= 4 is 0 Å². The largest absolute Gasteiger partial charge is 0.392 e.